The molecule has 5 heteroatoms. The first-order chi connectivity index (χ1) is 11.5. The summed E-state index contributed by atoms with van der Waals surface area (Å²) in [5.74, 6) is 0.506. The maximum absolute atomic E-state index is 7.17. The van der Waals surface area contributed by atoms with Crippen molar-refractivity contribution < 1.29 is 4.74 Å². The van der Waals surface area contributed by atoms with Crippen LogP contribution in [0.4, 0.5) is 0 Å². The fraction of sp³-hybridized carbons (Fsp3) is 0.368. The third-order valence-electron chi connectivity index (χ3n) is 2.77. The van der Waals surface area contributed by atoms with Gasteiger partial charge in [0.25, 0.3) is 0 Å². The van der Waals surface area contributed by atoms with E-state index in [1.165, 1.54) is 11.9 Å². The molecule has 0 aliphatic rings. The van der Waals surface area contributed by atoms with Gasteiger partial charge in [-0.15, -0.1) is 5.73 Å². The van der Waals surface area contributed by atoms with Gasteiger partial charge in [-0.05, 0) is 51.3 Å². The van der Waals surface area contributed by atoms with E-state index in [1.807, 2.05) is 31.2 Å². The van der Waals surface area contributed by atoms with E-state index in [2.05, 4.69) is 28.7 Å². The molecule has 0 heterocycles. The second kappa shape index (κ2) is 14.0. The zero-order valence-electron chi connectivity index (χ0n) is 15.0. The Morgan fingerprint density at radius 1 is 1.33 bits per heavy atom. The normalized spacial score (nSPS) is 13.2. The molecule has 0 fully saturated rings. The smallest absolute Gasteiger partial charge is 0.186 e. The molecule has 0 aliphatic carbocycles. The SMILES string of the molecule is C/C=C\C=C=CCC=C(CC)CO/C(N)=C/C(C)=NC=NC(C)=N. The highest BCUT2D eigenvalue weighted by atomic mass is 16.5. The van der Waals surface area contributed by atoms with Gasteiger partial charge in [0, 0.05) is 11.8 Å². The van der Waals surface area contributed by atoms with Crippen LogP contribution in [0.5, 0.6) is 0 Å². The fourth-order valence-electron chi connectivity index (χ4n) is 1.49. The first kappa shape index (κ1) is 21.4. The second-order valence-corrected chi connectivity index (χ2v) is 4.95. The van der Waals surface area contributed by atoms with Gasteiger partial charge in [0.1, 0.15) is 18.8 Å². The van der Waals surface area contributed by atoms with Crippen LogP contribution in [0.25, 0.3) is 0 Å². The lowest BCUT2D eigenvalue weighted by atomic mass is 10.2. The summed E-state index contributed by atoms with van der Waals surface area (Å²) in [4.78, 5) is 7.80. The van der Waals surface area contributed by atoms with Crippen LogP contribution in [-0.4, -0.2) is 24.5 Å². The van der Waals surface area contributed by atoms with Crippen LogP contribution in [0.3, 0.4) is 0 Å². The molecule has 0 radical (unpaired) electrons. The van der Waals surface area contributed by atoms with Crippen molar-refractivity contribution in [1.29, 1.82) is 5.41 Å². The van der Waals surface area contributed by atoms with Gasteiger partial charge >= 0.3 is 0 Å². The Bertz CT molecular complexity index is 601. The highest BCUT2D eigenvalue weighted by molar-refractivity contribution is 5.99. The summed E-state index contributed by atoms with van der Waals surface area (Å²) in [5, 5.41) is 7.17. The van der Waals surface area contributed by atoms with Crippen LogP contribution in [0, 0.1) is 5.41 Å². The summed E-state index contributed by atoms with van der Waals surface area (Å²) in [6.07, 6.45) is 14.5. The van der Waals surface area contributed by atoms with Gasteiger partial charge in [-0.3, -0.25) is 5.41 Å². The van der Waals surface area contributed by atoms with Crippen molar-refractivity contribution in [1.82, 2.24) is 0 Å². The number of nitrogens with zero attached hydrogens (tertiary/aromatic N) is 2. The van der Waals surface area contributed by atoms with E-state index < -0.39 is 0 Å². The van der Waals surface area contributed by atoms with Crippen molar-refractivity contribution in [2.24, 2.45) is 15.7 Å². The average Bonchev–Trinajstić information content (AvgIpc) is 2.53. The van der Waals surface area contributed by atoms with Gasteiger partial charge in [0.05, 0.1) is 0 Å². The summed E-state index contributed by atoms with van der Waals surface area (Å²) >= 11 is 0. The topological polar surface area (TPSA) is 83.8 Å². The molecule has 0 unspecified atom stereocenters. The Hall–Kier alpha value is -2.65. The molecular weight excluding hydrogens is 300 g/mol. The van der Waals surface area contributed by atoms with E-state index in [9.17, 15) is 0 Å². The molecule has 0 saturated carbocycles. The predicted molar refractivity (Wildman–Crippen MR) is 104 cm³/mol. The summed E-state index contributed by atoms with van der Waals surface area (Å²) in [5.41, 5.74) is 10.7. The average molecular weight is 328 g/mol. The van der Waals surface area contributed by atoms with Crippen molar-refractivity contribution in [2.75, 3.05) is 6.61 Å². The third-order valence-corrected chi connectivity index (χ3v) is 2.77. The van der Waals surface area contributed by atoms with E-state index >= 15 is 0 Å². The van der Waals surface area contributed by atoms with Gasteiger partial charge in [0.2, 0.25) is 0 Å². The number of nitrogens with two attached hydrogens (primary N) is 1. The first-order valence-electron chi connectivity index (χ1n) is 7.91. The Morgan fingerprint density at radius 3 is 2.71 bits per heavy atom. The maximum atomic E-state index is 7.17. The number of amidine groups is 1. The Balaban J connectivity index is 4.52. The molecule has 0 atom stereocenters. The molecule has 0 rings (SSSR count). The number of nitrogens with one attached hydrogen (secondary N) is 1. The van der Waals surface area contributed by atoms with Crippen LogP contribution in [0.2, 0.25) is 0 Å². The zero-order chi connectivity index (χ0) is 18.2. The highest BCUT2D eigenvalue weighted by Gasteiger charge is 1.97. The zero-order valence-corrected chi connectivity index (χ0v) is 15.0. The van der Waals surface area contributed by atoms with Gasteiger partial charge in [0.15, 0.2) is 5.88 Å². The number of hydrogen-bond donors (Lipinski definition) is 2. The molecule has 24 heavy (non-hydrogen) atoms. The Kier molecular flexibility index (Phi) is 12.4. The lowest BCUT2D eigenvalue weighted by Crippen LogP contribution is -2.07. The molecule has 0 aromatic rings. The molecule has 3 N–H and O–H groups in total. The van der Waals surface area contributed by atoms with Crippen molar-refractivity contribution in [3.05, 3.63) is 53.6 Å². The van der Waals surface area contributed by atoms with Crippen LogP contribution in [0.1, 0.15) is 40.5 Å². The van der Waals surface area contributed by atoms with Crippen molar-refractivity contribution in [3.8, 4) is 0 Å². The van der Waals surface area contributed by atoms with Gasteiger partial charge in [-0.25, -0.2) is 9.98 Å². The third kappa shape index (κ3) is 13.0. The number of aliphatic imine (C=N–C) groups is 2. The minimum atomic E-state index is 0.201. The van der Waals surface area contributed by atoms with E-state index in [1.54, 1.807) is 19.9 Å². The molecule has 0 bridgehead atoms. The largest absolute Gasteiger partial charge is 0.475 e. The van der Waals surface area contributed by atoms with Gasteiger partial charge in [-0.2, -0.15) is 0 Å². The number of allylic oxidation sites excluding steroid dienone is 5. The predicted octanol–water partition coefficient (Wildman–Crippen LogP) is 4.30. The summed E-state index contributed by atoms with van der Waals surface area (Å²) < 4.78 is 5.54. The van der Waals surface area contributed by atoms with E-state index in [-0.39, 0.29) is 5.84 Å². The quantitative estimate of drug-likeness (QED) is 0.165. The number of hydrogen-bond acceptors (Lipinski definition) is 3. The summed E-state index contributed by atoms with van der Waals surface area (Å²) in [7, 11) is 0. The van der Waals surface area contributed by atoms with Gasteiger partial charge < -0.3 is 10.5 Å². The van der Waals surface area contributed by atoms with E-state index in [0.717, 1.165) is 12.8 Å². The maximum Gasteiger partial charge on any atom is 0.186 e. The molecule has 0 aromatic carbocycles. The van der Waals surface area contributed by atoms with Crippen molar-refractivity contribution in [2.45, 2.75) is 40.5 Å². The molecule has 0 aromatic heterocycles. The molecule has 5 nitrogen and oxygen atoms in total. The molecule has 0 amide bonds. The summed E-state index contributed by atoms with van der Waals surface area (Å²) in [6, 6.07) is 0. The van der Waals surface area contributed by atoms with Crippen molar-refractivity contribution in [3.63, 3.8) is 0 Å². The number of ether oxygens (including phenoxy) is 1. The first-order valence-corrected chi connectivity index (χ1v) is 7.91. The minimum absolute atomic E-state index is 0.201. The molecule has 130 valence electrons. The molecule has 0 aliphatic heterocycles. The van der Waals surface area contributed by atoms with Crippen LogP contribution in [-0.2, 0) is 4.74 Å². The van der Waals surface area contributed by atoms with Crippen LogP contribution in [0.15, 0.2) is 63.6 Å². The summed E-state index contributed by atoms with van der Waals surface area (Å²) in [6.45, 7) is 7.87. The lowest BCUT2D eigenvalue weighted by molar-refractivity contribution is 0.234. The van der Waals surface area contributed by atoms with E-state index in [4.69, 9.17) is 15.9 Å². The van der Waals surface area contributed by atoms with Crippen molar-refractivity contribution >= 4 is 17.9 Å². The monoisotopic (exact) mass is 328 g/mol. The van der Waals surface area contributed by atoms with Crippen LogP contribution < -0.4 is 5.73 Å². The number of rotatable bonds is 9. The Labute approximate surface area is 145 Å². The minimum Gasteiger partial charge on any atom is -0.475 e. The van der Waals surface area contributed by atoms with Crippen LogP contribution >= 0.6 is 0 Å². The molecular formula is C19H28N4O. The van der Waals surface area contributed by atoms with E-state index in [0.29, 0.717) is 18.2 Å². The fourth-order valence-corrected chi connectivity index (χ4v) is 1.49. The second-order valence-electron chi connectivity index (χ2n) is 4.95. The highest BCUT2D eigenvalue weighted by Crippen LogP contribution is 2.05. The standard InChI is InChI=1S/C19H28N4O/c1-5-7-8-9-10-11-12-18(6-2)14-24-19(21)13-16(3)22-15-23-17(4)20/h5,7-8,10,12-13,15,20H,6,11,14,21H2,1-4H3/b7-5-,18-12?,19-13+,20-17?,22-16?,23-15?. The Morgan fingerprint density at radius 2 is 2.08 bits per heavy atom. The molecule has 0 spiro atoms. The van der Waals surface area contributed by atoms with Gasteiger partial charge in [-0.1, -0.05) is 25.2 Å². The molecule has 0 saturated heterocycles. The lowest BCUT2D eigenvalue weighted by Gasteiger charge is -2.08.